The summed E-state index contributed by atoms with van der Waals surface area (Å²) in [6.45, 7) is 11.0. The van der Waals surface area contributed by atoms with Crippen molar-refractivity contribution >= 4 is 5.97 Å². The lowest BCUT2D eigenvalue weighted by atomic mass is 9.31. The van der Waals surface area contributed by atoms with E-state index in [1.54, 1.807) is 0 Å². The molecule has 2 unspecified atom stereocenters. The van der Waals surface area contributed by atoms with Crippen molar-refractivity contribution in [1.29, 1.82) is 0 Å². The SMILES string of the molecule is C=C1CC[C@@]23CC[C@]4(C)[C@@](OC2=O)([C@@H]3C1)[C@H]1O[C@H]1C1C2(C)CC[C@H](O)[C@@](O)(CO)[C@@H]2CC[C@]14C. The predicted molar refractivity (Wildman–Crippen MR) is 123 cm³/mol. The first-order valence-corrected chi connectivity index (χ1v) is 13.5. The van der Waals surface area contributed by atoms with Crippen molar-refractivity contribution in [2.45, 2.75) is 108 Å². The third kappa shape index (κ3) is 2.01. The highest BCUT2D eigenvalue weighted by molar-refractivity contribution is 5.82. The van der Waals surface area contributed by atoms with Crippen LogP contribution >= 0.6 is 0 Å². The largest absolute Gasteiger partial charge is 0.455 e. The molecule has 6 nitrogen and oxygen atoms in total. The molecule has 3 N–H and O–H groups in total. The molecule has 2 heterocycles. The Balaban J connectivity index is 1.38. The van der Waals surface area contributed by atoms with Crippen LogP contribution in [0.25, 0.3) is 0 Å². The average molecular weight is 473 g/mol. The van der Waals surface area contributed by atoms with E-state index in [-0.39, 0.29) is 57.6 Å². The number of carbonyl (C=O) groups excluding carboxylic acids is 1. The third-order valence-electron chi connectivity index (χ3n) is 13.3. The van der Waals surface area contributed by atoms with Crippen LogP contribution in [0.1, 0.15) is 78.6 Å². The van der Waals surface area contributed by atoms with E-state index in [0.29, 0.717) is 6.42 Å². The molecule has 7 fully saturated rings. The zero-order chi connectivity index (χ0) is 24.1. The van der Waals surface area contributed by atoms with Crippen LogP contribution in [0.4, 0.5) is 0 Å². The smallest absolute Gasteiger partial charge is 0.313 e. The summed E-state index contributed by atoms with van der Waals surface area (Å²) >= 11 is 0. The summed E-state index contributed by atoms with van der Waals surface area (Å²) in [5.41, 5.74) is -1.86. The maximum absolute atomic E-state index is 13.6. The quantitative estimate of drug-likeness (QED) is 0.308. The van der Waals surface area contributed by atoms with E-state index < -0.39 is 23.9 Å². The number of carbonyl (C=O) groups is 1. The third-order valence-corrected chi connectivity index (χ3v) is 13.3. The molecule has 5 saturated carbocycles. The van der Waals surface area contributed by atoms with Gasteiger partial charge in [-0.05, 0) is 80.5 Å². The molecule has 2 bridgehead atoms. The molecule has 2 saturated heterocycles. The molecule has 34 heavy (non-hydrogen) atoms. The van der Waals surface area contributed by atoms with E-state index in [4.69, 9.17) is 9.47 Å². The first-order valence-electron chi connectivity index (χ1n) is 13.5. The Labute approximate surface area is 202 Å². The van der Waals surface area contributed by atoms with Crippen molar-refractivity contribution in [2.24, 2.45) is 39.4 Å². The fraction of sp³-hybridized carbons (Fsp3) is 0.893. The minimum Gasteiger partial charge on any atom is -0.455 e. The number of hydrogen-bond acceptors (Lipinski definition) is 6. The van der Waals surface area contributed by atoms with E-state index in [0.717, 1.165) is 51.4 Å². The van der Waals surface area contributed by atoms with Gasteiger partial charge in [0, 0.05) is 11.3 Å². The Morgan fingerprint density at radius 3 is 2.56 bits per heavy atom. The maximum atomic E-state index is 13.6. The molecule has 7 aliphatic rings. The lowest BCUT2D eigenvalue weighted by molar-refractivity contribution is -0.287. The van der Waals surface area contributed by atoms with Gasteiger partial charge in [-0.25, -0.2) is 0 Å². The average Bonchev–Trinajstić information content (AvgIpc) is 3.55. The molecule has 12 atom stereocenters. The highest BCUT2D eigenvalue weighted by Crippen LogP contribution is 2.82. The second-order valence-corrected chi connectivity index (χ2v) is 13.9. The predicted octanol–water partition coefficient (Wildman–Crippen LogP) is 3.12. The first-order chi connectivity index (χ1) is 15.9. The van der Waals surface area contributed by atoms with E-state index >= 15 is 0 Å². The number of ether oxygens (including phenoxy) is 2. The molecule has 7 rings (SSSR count). The fourth-order valence-corrected chi connectivity index (χ4v) is 11.4. The van der Waals surface area contributed by atoms with Crippen LogP contribution in [0.2, 0.25) is 0 Å². The Kier molecular flexibility index (Phi) is 4.01. The zero-order valence-electron chi connectivity index (χ0n) is 20.8. The van der Waals surface area contributed by atoms with Crippen molar-refractivity contribution in [3.63, 3.8) is 0 Å². The minimum absolute atomic E-state index is 0.000340. The normalized spacial score (nSPS) is 63.6. The van der Waals surface area contributed by atoms with Gasteiger partial charge in [0.25, 0.3) is 0 Å². The lowest BCUT2D eigenvalue weighted by Gasteiger charge is -2.71. The first kappa shape index (κ1) is 22.3. The summed E-state index contributed by atoms with van der Waals surface area (Å²) in [4.78, 5) is 13.6. The van der Waals surface area contributed by atoms with Crippen molar-refractivity contribution in [1.82, 2.24) is 0 Å². The number of hydrogen-bond donors (Lipinski definition) is 3. The summed E-state index contributed by atoms with van der Waals surface area (Å²) in [6, 6.07) is 0. The monoisotopic (exact) mass is 472 g/mol. The molecular weight excluding hydrogens is 432 g/mol. The van der Waals surface area contributed by atoms with E-state index in [1.165, 1.54) is 5.57 Å². The highest BCUT2D eigenvalue weighted by Gasteiger charge is 2.88. The molecule has 0 aromatic rings. The molecule has 2 aliphatic heterocycles. The molecule has 0 radical (unpaired) electrons. The highest BCUT2D eigenvalue weighted by atomic mass is 16.6. The van der Waals surface area contributed by atoms with Crippen LogP contribution in [0.15, 0.2) is 12.2 Å². The van der Waals surface area contributed by atoms with Crippen LogP contribution in [-0.2, 0) is 14.3 Å². The molecule has 188 valence electrons. The van der Waals surface area contributed by atoms with E-state index in [1.807, 2.05) is 0 Å². The molecule has 5 aliphatic carbocycles. The summed E-state index contributed by atoms with van der Waals surface area (Å²) < 4.78 is 13.3. The van der Waals surface area contributed by atoms with Gasteiger partial charge in [-0.3, -0.25) is 4.79 Å². The maximum Gasteiger partial charge on any atom is 0.313 e. The molecule has 6 heteroatoms. The van der Waals surface area contributed by atoms with Crippen molar-refractivity contribution in [3.8, 4) is 0 Å². The standard InChI is InChI=1S/C28H40O6/c1-15-5-10-26-12-11-25(4)24(3)9-6-16-23(2,8-7-18(30)27(16,32)14-29)20(24)19-21(33-19)28(25,17(26)13-15)34-22(26)31/h16-21,29-30,32H,1,5-14H2,2-4H3/t16-,17-,18+,19+,20?,21+,23?,24-,25+,26+,27-,28-/m1/s1. The zero-order valence-corrected chi connectivity index (χ0v) is 20.8. The van der Waals surface area contributed by atoms with Gasteiger partial charge in [-0.2, -0.15) is 0 Å². The van der Waals surface area contributed by atoms with E-state index in [2.05, 4.69) is 27.4 Å². The van der Waals surface area contributed by atoms with Crippen LogP contribution in [0.3, 0.4) is 0 Å². The second-order valence-electron chi connectivity index (χ2n) is 13.9. The number of epoxide rings is 1. The van der Waals surface area contributed by atoms with E-state index in [9.17, 15) is 20.1 Å². The van der Waals surface area contributed by atoms with Gasteiger partial charge in [0.15, 0.2) is 5.60 Å². The summed E-state index contributed by atoms with van der Waals surface area (Å²) in [5, 5.41) is 32.4. The molecule has 0 aromatic carbocycles. The van der Waals surface area contributed by atoms with Crippen molar-refractivity contribution in [3.05, 3.63) is 12.2 Å². The second kappa shape index (κ2) is 6.12. The molecule has 0 aromatic heterocycles. The molecule has 1 spiro atoms. The topological polar surface area (TPSA) is 99.5 Å². The fourth-order valence-electron chi connectivity index (χ4n) is 11.4. The van der Waals surface area contributed by atoms with Crippen LogP contribution in [0, 0.1) is 39.4 Å². The number of rotatable bonds is 1. The van der Waals surface area contributed by atoms with Crippen LogP contribution in [-0.4, -0.2) is 57.4 Å². The summed E-state index contributed by atoms with van der Waals surface area (Å²) in [7, 11) is 0. The number of aliphatic hydroxyl groups excluding tert-OH is 2. The Bertz CT molecular complexity index is 995. The number of esters is 1. The van der Waals surface area contributed by atoms with Gasteiger partial charge < -0.3 is 24.8 Å². The van der Waals surface area contributed by atoms with Crippen LogP contribution < -0.4 is 0 Å². The van der Waals surface area contributed by atoms with Crippen molar-refractivity contribution < 1.29 is 29.6 Å². The Morgan fingerprint density at radius 2 is 1.82 bits per heavy atom. The van der Waals surface area contributed by atoms with Crippen LogP contribution in [0.5, 0.6) is 0 Å². The van der Waals surface area contributed by atoms with Gasteiger partial charge in [-0.15, -0.1) is 0 Å². The number of aliphatic hydroxyl groups is 3. The lowest BCUT2D eigenvalue weighted by Crippen LogP contribution is -2.75. The van der Waals surface area contributed by atoms with Gasteiger partial charge in [0.05, 0.1) is 24.2 Å². The van der Waals surface area contributed by atoms with Gasteiger partial charge in [0.1, 0.15) is 11.7 Å². The van der Waals surface area contributed by atoms with Gasteiger partial charge in [-0.1, -0.05) is 32.9 Å². The number of fused-ring (bicyclic) bond motifs is 6. The molecule has 0 amide bonds. The Morgan fingerprint density at radius 1 is 1.06 bits per heavy atom. The minimum atomic E-state index is -1.47. The van der Waals surface area contributed by atoms with Crippen molar-refractivity contribution in [2.75, 3.05) is 6.61 Å². The summed E-state index contributed by atoms with van der Waals surface area (Å²) in [6.07, 6.45) is 6.33. The number of allylic oxidation sites excluding steroid dienone is 1. The summed E-state index contributed by atoms with van der Waals surface area (Å²) in [5.74, 6) is 0.134. The van der Waals surface area contributed by atoms with Gasteiger partial charge in [0.2, 0.25) is 0 Å². The van der Waals surface area contributed by atoms with Gasteiger partial charge >= 0.3 is 5.97 Å². The molecular formula is C28H40O6. The Hall–Kier alpha value is -0.950.